The van der Waals surface area contributed by atoms with Gasteiger partial charge in [-0.05, 0) is 19.9 Å². The number of ketones is 1. The fourth-order valence-corrected chi connectivity index (χ4v) is 2.53. The average molecular weight is 417 g/mol. The van der Waals surface area contributed by atoms with Crippen LogP contribution in [0.1, 0.15) is 13.8 Å². The molecule has 4 N–H and O–H groups in total. The van der Waals surface area contributed by atoms with Gasteiger partial charge in [0.05, 0.1) is 19.6 Å². The van der Waals surface area contributed by atoms with Gasteiger partial charge < -0.3 is 25.3 Å². The molecule has 0 unspecified atom stereocenters. The van der Waals surface area contributed by atoms with Crippen molar-refractivity contribution in [3.8, 4) is 0 Å². The Kier molecular flexibility index (Phi) is 11.9. The van der Waals surface area contributed by atoms with E-state index in [0.29, 0.717) is 5.70 Å². The molecule has 0 fully saturated rings. The molecule has 0 radical (unpaired) electrons. The highest BCUT2D eigenvalue weighted by Gasteiger charge is 2.18. The third-order valence-corrected chi connectivity index (χ3v) is 3.73. The van der Waals surface area contributed by atoms with E-state index >= 15 is 0 Å². The minimum absolute atomic E-state index is 0.00687. The van der Waals surface area contributed by atoms with Gasteiger partial charge in [-0.25, -0.2) is 0 Å². The van der Waals surface area contributed by atoms with Crippen LogP contribution in [0.25, 0.3) is 0 Å². The third-order valence-electron chi connectivity index (χ3n) is 3.73. The van der Waals surface area contributed by atoms with E-state index in [0.717, 1.165) is 4.90 Å². The van der Waals surface area contributed by atoms with Crippen LogP contribution in [0.2, 0.25) is 0 Å². The number of nitrogens with zero attached hydrogens (tertiary/aromatic N) is 3. The van der Waals surface area contributed by atoms with Crippen molar-refractivity contribution >= 4 is 29.7 Å². The molecule has 0 aromatic rings. The van der Waals surface area contributed by atoms with E-state index in [1.807, 2.05) is 0 Å². The predicted octanol–water partition coefficient (Wildman–Crippen LogP) is -1.28. The summed E-state index contributed by atoms with van der Waals surface area (Å²) in [5, 5.41) is 35.8. The first-order chi connectivity index (χ1) is 13.4. The highest BCUT2D eigenvalue weighted by molar-refractivity contribution is 5.87. The van der Waals surface area contributed by atoms with Crippen molar-refractivity contribution in [1.82, 2.24) is 14.7 Å². The van der Waals surface area contributed by atoms with E-state index in [2.05, 4.69) is 0 Å². The first-order valence-corrected chi connectivity index (χ1v) is 8.66. The fourth-order valence-electron chi connectivity index (χ4n) is 2.53. The van der Waals surface area contributed by atoms with Crippen molar-refractivity contribution in [3.05, 3.63) is 11.8 Å². The van der Waals surface area contributed by atoms with Crippen LogP contribution >= 0.6 is 0 Å². The average Bonchev–Trinajstić information content (AvgIpc) is 2.53. The molecule has 0 bridgehead atoms. The molecule has 0 atom stereocenters. The Labute approximate surface area is 167 Å². The highest BCUT2D eigenvalue weighted by atomic mass is 16.4. The van der Waals surface area contributed by atoms with Crippen LogP contribution in [0, 0.1) is 0 Å². The number of allylic oxidation sites excluding steroid dienone is 2. The summed E-state index contributed by atoms with van der Waals surface area (Å²) in [6.07, 6.45) is 1.27. The maximum absolute atomic E-state index is 11.2. The van der Waals surface area contributed by atoms with Crippen molar-refractivity contribution in [2.75, 3.05) is 52.4 Å². The molecule has 0 heterocycles. The standard InChI is InChI=1S/C17H27N3O9/c1-12(7-13(2)21)20(11-17(28)29)6-5-18(8-14(22)23)3-4-19(9-15(24)25)10-16(26)27/h7H,3-6,8-11H2,1-2H3,(H,22,23)(H,24,25)(H,26,27)(H,28,29)/b12-7+. The Morgan fingerprint density at radius 3 is 1.41 bits per heavy atom. The van der Waals surface area contributed by atoms with Crippen LogP contribution in [0.3, 0.4) is 0 Å². The van der Waals surface area contributed by atoms with Crippen LogP contribution in [0.15, 0.2) is 11.8 Å². The zero-order valence-corrected chi connectivity index (χ0v) is 16.4. The van der Waals surface area contributed by atoms with Gasteiger partial charge in [-0.2, -0.15) is 0 Å². The number of carbonyl (C=O) groups excluding carboxylic acids is 1. The first kappa shape index (κ1) is 26.0. The largest absolute Gasteiger partial charge is 0.480 e. The summed E-state index contributed by atoms with van der Waals surface area (Å²) >= 11 is 0. The Balaban J connectivity index is 5.12. The quantitative estimate of drug-likeness (QED) is 0.219. The Hall–Kier alpha value is -2.99. The molecule has 0 saturated carbocycles. The van der Waals surface area contributed by atoms with E-state index in [1.165, 1.54) is 22.8 Å². The number of carboxylic acids is 4. The van der Waals surface area contributed by atoms with Gasteiger partial charge in [0.2, 0.25) is 0 Å². The maximum Gasteiger partial charge on any atom is 0.323 e. The molecule has 12 nitrogen and oxygen atoms in total. The minimum atomic E-state index is -1.21. The lowest BCUT2D eigenvalue weighted by atomic mass is 10.3. The molecule has 0 amide bonds. The lowest BCUT2D eigenvalue weighted by Crippen LogP contribution is -2.44. The molecule has 0 aliphatic heterocycles. The zero-order chi connectivity index (χ0) is 22.6. The topological polar surface area (TPSA) is 176 Å². The molecule has 0 saturated heterocycles. The second-order valence-corrected chi connectivity index (χ2v) is 6.38. The number of rotatable bonds is 16. The molecule has 0 aliphatic carbocycles. The molecule has 164 valence electrons. The number of aliphatic carboxylic acids is 4. The number of hydrogen-bond donors (Lipinski definition) is 4. The summed E-state index contributed by atoms with van der Waals surface area (Å²) in [4.78, 5) is 59.1. The number of carboxylic acid groups (broad SMARTS) is 4. The molecule has 0 aromatic carbocycles. The molecule has 0 aromatic heterocycles. The third kappa shape index (κ3) is 13.8. The lowest BCUT2D eigenvalue weighted by molar-refractivity contribution is -0.143. The van der Waals surface area contributed by atoms with Gasteiger partial charge >= 0.3 is 23.9 Å². The Morgan fingerprint density at radius 2 is 1.00 bits per heavy atom. The van der Waals surface area contributed by atoms with Gasteiger partial charge in [-0.3, -0.25) is 33.8 Å². The number of hydrogen-bond acceptors (Lipinski definition) is 8. The summed E-state index contributed by atoms with van der Waals surface area (Å²) in [5.74, 6) is -4.96. The van der Waals surface area contributed by atoms with Gasteiger partial charge in [-0.1, -0.05) is 0 Å². The fraction of sp³-hybridized carbons (Fsp3) is 0.588. The molecular formula is C17H27N3O9. The SMILES string of the molecule is CC(=O)/C=C(\C)N(CCN(CCN(CC(=O)O)CC(=O)O)CC(=O)O)CC(=O)O. The second kappa shape index (κ2) is 13.2. The molecule has 0 spiro atoms. The minimum Gasteiger partial charge on any atom is -0.480 e. The van der Waals surface area contributed by atoms with Crippen molar-refractivity contribution in [3.63, 3.8) is 0 Å². The molecule has 0 rings (SSSR count). The van der Waals surface area contributed by atoms with Crippen molar-refractivity contribution in [1.29, 1.82) is 0 Å². The zero-order valence-electron chi connectivity index (χ0n) is 16.4. The summed E-state index contributed by atoms with van der Waals surface area (Å²) < 4.78 is 0. The maximum atomic E-state index is 11.2. The van der Waals surface area contributed by atoms with Crippen molar-refractivity contribution < 1.29 is 44.4 Å². The van der Waals surface area contributed by atoms with E-state index in [4.69, 9.17) is 20.4 Å². The van der Waals surface area contributed by atoms with Gasteiger partial charge in [0, 0.05) is 31.9 Å². The summed E-state index contributed by atoms with van der Waals surface area (Å²) in [6, 6.07) is 0. The van der Waals surface area contributed by atoms with Crippen molar-refractivity contribution in [2.24, 2.45) is 0 Å². The smallest absolute Gasteiger partial charge is 0.323 e. The molecule has 29 heavy (non-hydrogen) atoms. The van der Waals surface area contributed by atoms with E-state index in [1.54, 1.807) is 6.92 Å². The van der Waals surface area contributed by atoms with E-state index in [-0.39, 0.29) is 38.5 Å². The predicted molar refractivity (Wildman–Crippen MR) is 99.4 cm³/mol. The van der Waals surface area contributed by atoms with Gasteiger partial charge in [0.15, 0.2) is 5.78 Å². The summed E-state index contributed by atoms with van der Waals surface area (Å²) in [6.45, 7) is 1.33. The monoisotopic (exact) mass is 417 g/mol. The van der Waals surface area contributed by atoms with Crippen LogP contribution < -0.4 is 0 Å². The molecular weight excluding hydrogens is 390 g/mol. The first-order valence-electron chi connectivity index (χ1n) is 8.66. The van der Waals surface area contributed by atoms with Gasteiger partial charge in [0.1, 0.15) is 6.54 Å². The summed E-state index contributed by atoms with van der Waals surface area (Å²) in [7, 11) is 0. The van der Waals surface area contributed by atoms with Gasteiger partial charge in [0.25, 0.3) is 0 Å². The lowest BCUT2D eigenvalue weighted by Gasteiger charge is -2.29. The summed E-state index contributed by atoms with van der Waals surface area (Å²) in [5.41, 5.74) is 0.411. The Morgan fingerprint density at radius 1 is 0.621 bits per heavy atom. The van der Waals surface area contributed by atoms with Crippen LogP contribution in [0.4, 0.5) is 0 Å². The molecule has 12 heteroatoms. The molecule has 0 aliphatic rings. The van der Waals surface area contributed by atoms with Crippen LogP contribution in [0.5, 0.6) is 0 Å². The van der Waals surface area contributed by atoms with E-state index < -0.39 is 43.5 Å². The normalized spacial score (nSPS) is 11.5. The van der Waals surface area contributed by atoms with Crippen LogP contribution in [-0.2, 0) is 24.0 Å². The number of carbonyl (C=O) groups is 5. The Bertz CT molecular complexity index is 632. The highest BCUT2D eigenvalue weighted by Crippen LogP contribution is 2.05. The van der Waals surface area contributed by atoms with E-state index in [9.17, 15) is 24.0 Å². The van der Waals surface area contributed by atoms with Gasteiger partial charge in [-0.15, -0.1) is 0 Å². The second-order valence-electron chi connectivity index (χ2n) is 6.38. The van der Waals surface area contributed by atoms with Crippen LogP contribution in [-0.4, -0.2) is 117 Å². The van der Waals surface area contributed by atoms with Crippen molar-refractivity contribution in [2.45, 2.75) is 13.8 Å².